The SMILES string of the molecule is CC1(C)COC2(CCn3c2cc2c(c3=O)COC(=O)[C@]2(O)Cc2ccccc2)OC1. The number of pyridine rings is 1. The molecule has 5 rings (SSSR count). The van der Waals surface area contributed by atoms with Crippen molar-refractivity contribution in [2.45, 2.75) is 51.2 Å². The highest BCUT2D eigenvalue weighted by molar-refractivity contribution is 5.83. The second-order valence-electron chi connectivity index (χ2n) is 9.22. The van der Waals surface area contributed by atoms with Crippen molar-refractivity contribution in [2.24, 2.45) is 5.41 Å². The number of ether oxygens (including phenoxy) is 3. The lowest BCUT2D eigenvalue weighted by atomic mass is 9.83. The lowest BCUT2D eigenvalue weighted by Gasteiger charge is -2.41. The summed E-state index contributed by atoms with van der Waals surface area (Å²) in [6.45, 7) is 5.41. The van der Waals surface area contributed by atoms with E-state index in [9.17, 15) is 14.7 Å². The fourth-order valence-electron chi connectivity index (χ4n) is 4.55. The summed E-state index contributed by atoms with van der Waals surface area (Å²) in [5.41, 5.74) is -0.403. The highest BCUT2D eigenvalue weighted by Gasteiger charge is 2.51. The van der Waals surface area contributed by atoms with Crippen molar-refractivity contribution >= 4 is 5.97 Å². The number of hydrogen-bond acceptors (Lipinski definition) is 6. The van der Waals surface area contributed by atoms with Crippen molar-refractivity contribution in [2.75, 3.05) is 13.2 Å². The van der Waals surface area contributed by atoms with Gasteiger partial charge in [-0.05, 0) is 11.6 Å². The number of esters is 1. The number of aliphatic hydroxyl groups is 1. The fraction of sp³-hybridized carbons (Fsp3) is 0.478. The summed E-state index contributed by atoms with van der Waals surface area (Å²) < 4.78 is 19.2. The van der Waals surface area contributed by atoms with E-state index >= 15 is 0 Å². The van der Waals surface area contributed by atoms with Gasteiger partial charge in [-0.2, -0.15) is 0 Å². The predicted octanol–water partition coefficient (Wildman–Crippen LogP) is 1.96. The molecule has 0 aliphatic carbocycles. The number of rotatable bonds is 2. The highest BCUT2D eigenvalue weighted by Crippen LogP contribution is 2.44. The van der Waals surface area contributed by atoms with Crippen molar-refractivity contribution in [3.8, 4) is 0 Å². The lowest BCUT2D eigenvalue weighted by molar-refractivity contribution is -0.306. The first-order valence-corrected chi connectivity index (χ1v) is 10.2. The summed E-state index contributed by atoms with van der Waals surface area (Å²) in [4.78, 5) is 26.0. The van der Waals surface area contributed by atoms with Crippen molar-refractivity contribution < 1.29 is 24.1 Å². The zero-order chi connectivity index (χ0) is 21.1. The number of carbonyl (C=O) groups excluding carboxylic acids is 1. The largest absolute Gasteiger partial charge is 0.458 e. The third kappa shape index (κ3) is 2.84. The topological polar surface area (TPSA) is 87.0 Å². The second kappa shape index (κ2) is 6.51. The van der Waals surface area contributed by atoms with Gasteiger partial charge in [0.25, 0.3) is 5.56 Å². The van der Waals surface area contributed by atoms with Crippen LogP contribution in [0.1, 0.15) is 42.7 Å². The van der Waals surface area contributed by atoms with Gasteiger partial charge in [-0.1, -0.05) is 44.2 Å². The summed E-state index contributed by atoms with van der Waals surface area (Å²) in [6.07, 6.45) is 0.525. The Bertz CT molecular complexity index is 1060. The summed E-state index contributed by atoms with van der Waals surface area (Å²) in [6, 6.07) is 10.9. The Hall–Kier alpha value is -2.48. The first-order valence-electron chi connectivity index (χ1n) is 10.2. The van der Waals surface area contributed by atoms with Crippen LogP contribution in [-0.4, -0.2) is 28.9 Å². The average Bonchev–Trinajstić information content (AvgIpc) is 3.08. The standard InChI is InChI=1S/C23H25NO6/c1-21(2)13-29-23(30-14-21)8-9-24-18(23)10-17-16(19(24)25)12-28-20(26)22(17,27)11-15-6-4-3-5-7-15/h3-7,10,27H,8-9,11-14H2,1-2H3/t22-/m0/s1. The number of aromatic nitrogens is 1. The van der Waals surface area contributed by atoms with Crippen LogP contribution < -0.4 is 5.56 Å². The van der Waals surface area contributed by atoms with Crippen LogP contribution >= 0.6 is 0 Å². The maximum absolute atomic E-state index is 13.3. The van der Waals surface area contributed by atoms with Crippen molar-refractivity contribution in [1.29, 1.82) is 0 Å². The molecule has 4 heterocycles. The Morgan fingerprint density at radius 3 is 2.50 bits per heavy atom. The van der Waals surface area contributed by atoms with E-state index in [0.29, 0.717) is 37.4 Å². The number of cyclic esters (lactones) is 1. The molecular formula is C23H25NO6. The Morgan fingerprint density at radius 1 is 1.10 bits per heavy atom. The van der Waals surface area contributed by atoms with E-state index in [1.807, 2.05) is 30.3 Å². The molecule has 1 saturated heterocycles. The van der Waals surface area contributed by atoms with Crippen molar-refractivity contribution in [1.82, 2.24) is 4.57 Å². The van der Waals surface area contributed by atoms with Crippen LogP contribution in [0.4, 0.5) is 0 Å². The molecule has 3 aliphatic rings. The third-order valence-electron chi connectivity index (χ3n) is 6.28. The molecule has 1 atom stereocenters. The molecule has 1 aromatic heterocycles. The normalized spacial score (nSPS) is 26.2. The van der Waals surface area contributed by atoms with E-state index in [4.69, 9.17) is 14.2 Å². The molecule has 158 valence electrons. The van der Waals surface area contributed by atoms with Crippen molar-refractivity contribution in [3.05, 3.63) is 69.1 Å². The van der Waals surface area contributed by atoms with Crippen LogP contribution in [0.5, 0.6) is 0 Å². The van der Waals surface area contributed by atoms with Gasteiger partial charge in [-0.25, -0.2) is 4.79 Å². The number of hydrogen-bond donors (Lipinski definition) is 1. The minimum absolute atomic E-state index is 0.0182. The zero-order valence-electron chi connectivity index (χ0n) is 17.1. The smallest absolute Gasteiger partial charge is 0.343 e. The van der Waals surface area contributed by atoms with Crippen molar-refractivity contribution in [3.63, 3.8) is 0 Å². The molecule has 0 saturated carbocycles. The summed E-state index contributed by atoms with van der Waals surface area (Å²) in [7, 11) is 0. The minimum atomic E-state index is -1.94. The van der Waals surface area contributed by atoms with Gasteiger partial charge in [0.2, 0.25) is 5.79 Å². The van der Waals surface area contributed by atoms with E-state index in [1.165, 1.54) is 0 Å². The van der Waals surface area contributed by atoms with E-state index in [-0.39, 0.29) is 29.6 Å². The van der Waals surface area contributed by atoms with E-state index < -0.39 is 17.4 Å². The third-order valence-corrected chi connectivity index (χ3v) is 6.28. The first kappa shape index (κ1) is 19.5. The van der Waals surface area contributed by atoms with Crippen LogP contribution in [0.3, 0.4) is 0 Å². The maximum atomic E-state index is 13.3. The monoisotopic (exact) mass is 411 g/mol. The molecular weight excluding hydrogens is 386 g/mol. The molecule has 1 N–H and O–H groups in total. The molecule has 2 aromatic rings. The van der Waals surface area contributed by atoms with Crippen LogP contribution in [0.25, 0.3) is 0 Å². The van der Waals surface area contributed by atoms with Crippen LogP contribution in [-0.2, 0) is 50.0 Å². The molecule has 30 heavy (non-hydrogen) atoms. The van der Waals surface area contributed by atoms with E-state index in [0.717, 1.165) is 5.56 Å². The Labute approximate surface area is 174 Å². The van der Waals surface area contributed by atoms with Gasteiger partial charge < -0.3 is 23.9 Å². The molecule has 1 aromatic carbocycles. The highest BCUT2D eigenvalue weighted by atomic mass is 16.7. The van der Waals surface area contributed by atoms with E-state index in [1.54, 1.807) is 10.6 Å². The molecule has 0 bridgehead atoms. The molecule has 1 fully saturated rings. The average molecular weight is 411 g/mol. The zero-order valence-corrected chi connectivity index (χ0v) is 17.1. The van der Waals surface area contributed by atoms with E-state index in [2.05, 4.69) is 13.8 Å². The molecule has 1 spiro atoms. The Balaban J connectivity index is 1.63. The van der Waals surface area contributed by atoms with Gasteiger partial charge >= 0.3 is 5.97 Å². The molecule has 7 heteroatoms. The fourth-order valence-corrected chi connectivity index (χ4v) is 4.55. The number of carbonyl (C=O) groups is 1. The lowest BCUT2D eigenvalue weighted by Crippen LogP contribution is -2.48. The quantitative estimate of drug-likeness (QED) is 0.761. The first-order chi connectivity index (χ1) is 14.2. The molecule has 0 unspecified atom stereocenters. The summed E-state index contributed by atoms with van der Waals surface area (Å²) in [5.74, 6) is -1.78. The van der Waals surface area contributed by atoms with Gasteiger partial charge in [0, 0.05) is 30.4 Å². The van der Waals surface area contributed by atoms with Crippen LogP contribution in [0, 0.1) is 5.41 Å². The van der Waals surface area contributed by atoms with Gasteiger partial charge in [-0.3, -0.25) is 4.79 Å². The van der Waals surface area contributed by atoms with Gasteiger partial charge in [0.15, 0.2) is 5.60 Å². The Kier molecular flexibility index (Phi) is 4.23. The Morgan fingerprint density at radius 2 is 1.80 bits per heavy atom. The molecule has 0 radical (unpaired) electrons. The summed E-state index contributed by atoms with van der Waals surface area (Å²) >= 11 is 0. The summed E-state index contributed by atoms with van der Waals surface area (Å²) in [5, 5.41) is 11.5. The molecule has 3 aliphatic heterocycles. The molecule has 7 nitrogen and oxygen atoms in total. The predicted molar refractivity (Wildman–Crippen MR) is 107 cm³/mol. The van der Waals surface area contributed by atoms with Gasteiger partial charge in [0.1, 0.15) is 6.61 Å². The second-order valence-corrected chi connectivity index (χ2v) is 9.22. The number of fused-ring (bicyclic) bond motifs is 3. The van der Waals surface area contributed by atoms with Crippen LogP contribution in [0.15, 0.2) is 41.2 Å². The molecule has 0 amide bonds. The van der Waals surface area contributed by atoms with Gasteiger partial charge in [-0.15, -0.1) is 0 Å². The minimum Gasteiger partial charge on any atom is -0.458 e. The van der Waals surface area contributed by atoms with Gasteiger partial charge in [0.05, 0.1) is 24.5 Å². The van der Waals surface area contributed by atoms with Crippen LogP contribution in [0.2, 0.25) is 0 Å². The maximum Gasteiger partial charge on any atom is 0.343 e. The number of benzene rings is 1. The number of nitrogens with zero attached hydrogens (tertiary/aromatic N) is 1.